The second-order valence-electron chi connectivity index (χ2n) is 7.16. The van der Waals surface area contributed by atoms with E-state index in [-0.39, 0.29) is 17.7 Å². The van der Waals surface area contributed by atoms with E-state index in [4.69, 9.17) is 4.74 Å². The summed E-state index contributed by atoms with van der Waals surface area (Å²) in [5.74, 6) is 0.195. The summed E-state index contributed by atoms with van der Waals surface area (Å²) in [5, 5.41) is 5.65. The summed E-state index contributed by atoms with van der Waals surface area (Å²) in [4.78, 5) is 39.5. The molecule has 0 spiro atoms. The van der Waals surface area contributed by atoms with E-state index in [0.717, 1.165) is 25.0 Å². The van der Waals surface area contributed by atoms with Crippen LogP contribution in [0.4, 0.5) is 4.79 Å². The van der Waals surface area contributed by atoms with Crippen LogP contribution in [0.15, 0.2) is 0 Å². The van der Waals surface area contributed by atoms with Gasteiger partial charge in [-0.2, -0.15) is 0 Å². The Bertz CT molecular complexity index is 679. The number of aryl methyl sites for hydroxylation is 1. The van der Waals surface area contributed by atoms with Crippen molar-refractivity contribution in [2.75, 3.05) is 13.2 Å². The Morgan fingerprint density at radius 3 is 2.62 bits per heavy atom. The number of aromatic amines is 1. The Balaban J connectivity index is 2.03. The Morgan fingerprint density at radius 1 is 1.27 bits per heavy atom. The number of carbonyl (C=O) groups excluding carboxylic acids is 3. The molecule has 0 radical (unpaired) electrons. The molecule has 1 atom stereocenters. The number of ketones is 1. The van der Waals surface area contributed by atoms with Crippen molar-refractivity contribution in [3.63, 3.8) is 0 Å². The zero-order valence-corrected chi connectivity index (χ0v) is 16.0. The lowest BCUT2D eigenvalue weighted by molar-refractivity contribution is 0.0939. The number of Topliss-reactive ketones (excluding diaryl/α,β-unsaturated/α-hetero) is 1. The number of nitrogens with one attached hydrogen (secondary N) is 3. The summed E-state index contributed by atoms with van der Waals surface area (Å²) in [6.07, 6.45) is 2.37. The van der Waals surface area contributed by atoms with Gasteiger partial charge in [0.2, 0.25) is 0 Å². The minimum atomic E-state index is -0.482. The summed E-state index contributed by atoms with van der Waals surface area (Å²) >= 11 is 0. The minimum absolute atomic E-state index is 0.0979. The van der Waals surface area contributed by atoms with E-state index in [1.54, 1.807) is 13.8 Å². The Hall–Kier alpha value is -2.31. The number of hydrogen-bond donors (Lipinski definition) is 3. The fraction of sp³-hybridized carbons (Fsp3) is 0.632. The normalized spacial score (nSPS) is 14.7. The van der Waals surface area contributed by atoms with E-state index >= 15 is 0 Å². The van der Waals surface area contributed by atoms with Crippen LogP contribution in [0.2, 0.25) is 0 Å². The molecular weight excluding hydrogens is 334 g/mol. The van der Waals surface area contributed by atoms with Crippen LogP contribution >= 0.6 is 0 Å². The molecule has 0 aromatic carbocycles. The number of amides is 2. The Kier molecular flexibility index (Phi) is 6.83. The molecule has 1 heterocycles. The van der Waals surface area contributed by atoms with Crippen LogP contribution in [0, 0.1) is 12.8 Å². The van der Waals surface area contributed by atoms with E-state index in [9.17, 15) is 14.4 Å². The van der Waals surface area contributed by atoms with Gasteiger partial charge in [-0.3, -0.25) is 9.59 Å². The minimum Gasteiger partial charge on any atom is -0.450 e. The molecule has 1 aliphatic carbocycles. The van der Waals surface area contributed by atoms with Gasteiger partial charge in [0.15, 0.2) is 5.78 Å². The van der Waals surface area contributed by atoms with Crippen molar-refractivity contribution in [2.45, 2.75) is 59.4 Å². The third kappa shape index (κ3) is 4.86. The largest absolute Gasteiger partial charge is 0.450 e. The molecule has 0 bridgehead atoms. The first-order valence-corrected chi connectivity index (χ1v) is 9.29. The average molecular weight is 363 g/mol. The molecular formula is C19H29N3O4. The van der Waals surface area contributed by atoms with Crippen LogP contribution in [0.5, 0.6) is 0 Å². The number of aromatic nitrogens is 1. The van der Waals surface area contributed by atoms with Gasteiger partial charge in [-0.25, -0.2) is 4.79 Å². The maximum absolute atomic E-state index is 12.6. The van der Waals surface area contributed by atoms with E-state index < -0.39 is 6.09 Å². The predicted molar refractivity (Wildman–Crippen MR) is 98.5 cm³/mol. The SMILES string of the molecule is CCOC(=O)NC(CNC(=O)c1[nH]c2c(c1C)C(=O)CCC2)CC(C)C. The van der Waals surface area contributed by atoms with Crippen LogP contribution in [0.1, 0.15) is 72.1 Å². The zero-order valence-electron chi connectivity index (χ0n) is 16.0. The fourth-order valence-corrected chi connectivity index (χ4v) is 3.41. The standard InChI is InChI=1S/C19H29N3O4/c1-5-26-19(25)21-13(9-11(2)3)10-20-18(24)17-12(4)16-14(22-17)7-6-8-15(16)23/h11,13,22H,5-10H2,1-4H3,(H,20,24)(H,21,25). The van der Waals surface area contributed by atoms with Crippen molar-refractivity contribution >= 4 is 17.8 Å². The van der Waals surface area contributed by atoms with Crippen LogP contribution in [-0.4, -0.2) is 42.0 Å². The smallest absolute Gasteiger partial charge is 0.407 e. The zero-order chi connectivity index (χ0) is 19.3. The van der Waals surface area contributed by atoms with Gasteiger partial charge in [0.05, 0.1) is 6.61 Å². The number of ether oxygens (including phenoxy) is 1. The van der Waals surface area contributed by atoms with Gasteiger partial charge in [0, 0.05) is 30.3 Å². The number of carbonyl (C=O) groups is 3. The summed E-state index contributed by atoms with van der Waals surface area (Å²) in [6, 6.07) is -0.218. The molecule has 1 unspecified atom stereocenters. The number of fused-ring (bicyclic) bond motifs is 1. The first-order valence-electron chi connectivity index (χ1n) is 9.29. The van der Waals surface area contributed by atoms with Crippen LogP contribution < -0.4 is 10.6 Å². The molecule has 0 fully saturated rings. The molecule has 7 heteroatoms. The highest BCUT2D eigenvalue weighted by molar-refractivity contribution is 6.04. The van der Waals surface area contributed by atoms with Crippen molar-refractivity contribution in [1.82, 2.24) is 15.6 Å². The van der Waals surface area contributed by atoms with Crippen LogP contribution in [-0.2, 0) is 11.2 Å². The molecule has 0 saturated heterocycles. The van der Waals surface area contributed by atoms with Crippen molar-refractivity contribution < 1.29 is 19.1 Å². The molecule has 26 heavy (non-hydrogen) atoms. The van der Waals surface area contributed by atoms with Crippen molar-refractivity contribution in [1.29, 1.82) is 0 Å². The number of hydrogen-bond acceptors (Lipinski definition) is 4. The molecule has 2 rings (SSSR count). The van der Waals surface area contributed by atoms with Crippen molar-refractivity contribution in [2.24, 2.45) is 5.92 Å². The maximum Gasteiger partial charge on any atom is 0.407 e. The van der Waals surface area contributed by atoms with Gasteiger partial charge in [-0.1, -0.05) is 13.8 Å². The molecule has 2 amide bonds. The maximum atomic E-state index is 12.6. The van der Waals surface area contributed by atoms with Gasteiger partial charge in [0.1, 0.15) is 5.69 Å². The summed E-state index contributed by atoms with van der Waals surface area (Å²) in [5.41, 5.74) is 2.67. The highest BCUT2D eigenvalue weighted by Crippen LogP contribution is 2.26. The molecule has 7 nitrogen and oxygen atoms in total. The highest BCUT2D eigenvalue weighted by atomic mass is 16.5. The molecule has 0 aliphatic heterocycles. The average Bonchev–Trinajstić information content (AvgIpc) is 2.90. The molecule has 3 N–H and O–H groups in total. The van der Waals surface area contributed by atoms with E-state index in [0.29, 0.717) is 42.3 Å². The first kappa shape index (κ1) is 20.0. The number of H-pyrrole nitrogens is 1. The second-order valence-corrected chi connectivity index (χ2v) is 7.16. The van der Waals surface area contributed by atoms with E-state index in [1.165, 1.54) is 0 Å². The molecule has 144 valence electrons. The summed E-state index contributed by atoms with van der Waals surface area (Å²) in [6.45, 7) is 8.25. The number of alkyl carbamates (subject to hydrolysis) is 1. The lowest BCUT2D eigenvalue weighted by Crippen LogP contribution is -2.44. The molecule has 0 saturated carbocycles. The quantitative estimate of drug-likeness (QED) is 0.693. The lowest BCUT2D eigenvalue weighted by atomic mass is 9.94. The molecule has 1 aromatic rings. The monoisotopic (exact) mass is 363 g/mol. The van der Waals surface area contributed by atoms with Gasteiger partial charge in [0.25, 0.3) is 5.91 Å². The first-order chi connectivity index (χ1) is 12.3. The summed E-state index contributed by atoms with van der Waals surface area (Å²) < 4.78 is 4.92. The van der Waals surface area contributed by atoms with Gasteiger partial charge in [-0.05, 0) is 44.6 Å². The topological polar surface area (TPSA) is 100 Å². The van der Waals surface area contributed by atoms with Crippen LogP contribution in [0.3, 0.4) is 0 Å². The third-order valence-electron chi connectivity index (χ3n) is 4.53. The van der Waals surface area contributed by atoms with Gasteiger partial charge in [-0.15, -0.1) is 0 Å². The molecule has 1 aromatic heterocycles. The van der Waals surface area contributed by atoms with E-state index in [1.807, 2.05) is 0 Å². The van der Waals surface area contributed by atoms with E-state index in [2.05, 4.69) is 29.5 Å². The Labute approximate surface area is 154 Å². The number of rotatable bonds is 7. The van der Waals surface area contributed by atoms with Crippen LogP contribution in [0.25, 0.3) is 0 Å². The van der Waals surface area contributed by atoms with Gasteiger partial charge >= 0.3 is 6.09 Å². The second kappa shape index (κ2) is 8.87. The summed E-state index contributed by atoms with van der Waals surface area (Å²) in [7, 11) is 0. The lowest BCUT2D eigenvalue weighted by Gasteiger charge is -2.20. The Morgan fingerprint density at radius 2 is 2.00 bits per heavy atom. The predicted octanol–water partition coefficient (Wildman–Crippen LogP) is 2.73. The highest BCUT2D eigenvalue weighted by Gasteiger charge is 2.26. The van der Waals surface area contributed by atoms with Crippen molar-refractivity contribution in [3.8, 4) is 0 Å². The van der Waals surface area contributed by atoms with Crippen molar-refractivity contribution in [3.05, 3.63) is 22.5 Å². The third-order valence-corrected chi connectivity index (χ3v) is 4.53. The van der Waals surface area contributed by atoms with Gasteiger partial charge < -0.3 is 20.4 Å². The fourth-order valence-electron chi connectivity index (χ4n) is 3.41. The molecule has 1 aliphatic rings.